The third-order valence-corrected chi connectivity index (χ3v) is 5.57. The SMILES string of the molecule is CCCOC(=O)C(CCC)Sc1cc(NC(=O)c2ccccc2)c(F)cc1Cl. The summed E-state index contributed by atoms with van der Waals surface area (Å²) in [6.07, 6.45) is 2.13. The highest BCUT2D eigenvalue weighted by molar-refractivity contribution is 8.00. The van der Waals surface area contributed by atoms with Crippen LogP contribution in [0.2, 0.25) is 5.02 Å². The fourth-order valence-corrected chi connectivity index (χ4v) is 3.90. The highest BCUT2D eigenvalue weighted by Crippen LogP contribution is 2.36. The van der Waals surface area contributed by atoms with Crippen molar-refractivity contribution in [3.63, 3.8) is 0 Å². The van der Waals surface area contributed by atoms with Crippen molar-refractivity contribution in [3.05, 3.63) is 58.9 Å². The lowest BCUT2D eigenvalue weighted by Crippen LogP contribution is -2.20. The van der Waals surface area contributed by atoms with Crippen LogP contribution in [-0.4, -0.2) is 23.7 Å². The van der Waals surface area contributed by atoms with Crippen LogP contribution >= 0.6 is 23.4 Å². The molecule has 0 aromatic heterocycles. The lowest BCUT2D eigenvalue weighted by atomic mass is 10.2. The Morgan fingerprint density at radius 3 is 2.54 bits per heavy atom. The highest BCUT2D eigenvalue weighted by Gasteiger charge is 2.23. The topological polar surface area (TPSA) is 55.4 Å². The summed E-state index contributed by atoms with van der Waals surface area (Å²) in [7, 11) is 0. The number of hydrogen-bond donors (Lipinski definition) is 1. The highest BCUT2D eigenvalue weighted by atomic mass is 35.5. The Hall–Kier alpha value is -2.05. The zero-order valence-electron chi connectivity index (χ0n) is 15.8. The second-order valence-electron chi connectivity index (χ2n) is 6.15. The first kappa shape index (κ1) is 22.2. The molecule has 1 unspecified atom stereocenters. The Bertz CT molecular complexity index is 817. The van der Waals surface area contributed by atoms with Crippen LogP contribution in [0.5, 0.6) is 0 Å². The molecule has 0 aliphatic rings. The molecular weight excluding hydrogens is 401 g/mol. The van der Waals surface area contributed by atoms with E-state index in [0.717, 1.165) is 18.9 Å². The number of ether oxygens (including phenoxy) is 1. The third-order valence-electron chi connectivity index (χ3n) is 3.84. The zero-order chi connectivity index (χ0) is 20.5. The lowest BCUT2D eigenvalue weighted by Gasteiger charge is -2.17. The molecule has 0 saturated heterocycles. The molecule has 0 heterocycles. The van der Waals surface area contributed by atoms with Gasteiger partial charge in [-0.15, -0.1) is 11.8 Å². The van der Waals surface area contributed by atoms with Crippen LogP contribution in [0.15, 0.2) is 47.4 Å². The number of halogens is 2. The minimum atomic E-state index is -0.640. The van der Waals surface area contributed by atoms with E-state index in [2.05, 4.69) is 5.32 Å². The summed E-state index contributed by atoms with van der Waals surface area (Å²) in [4.78, 5) is 25.1. The van der Waals surface area contributed by atoms with E-state index in [0.29, 0.717) is 23.5 Å². The average Bonchev–Trinajstić information content (AvgIpc) is 2.69. The van der Waals surface area contributed by atoms with Gasteiger partial charge >= 0.3 is 5.97 Å². The van der Waals surface area contributed by atoms with Crippen molar-refractivity contribution in [2.75, 3.05) is 11.9 Å². The van der Waals surface area contributed by atoms with Gasteiger partial charge in [0.2, 0.25) is 0 Å². The van der Waals surface area contributed by atoms with Gasteiger partial charge in [0.1, 0.15) is 11.1 Å². The normalized spacial score (nSPS) is 11.7. The number of hydrogen-bond acceptors (Lipinski definition) is 4. The van der Waals surface area contributed by atoms with Crippen molar-refractivity contribution < 1.29 is 18.7 Å². The molecule has 0 bridgehead atoms. The summed E-state index contributed by atoms with van der Waals surface area (Å²) in [5.41, 5.74) is 0.427. The number of carbonyl (C=O) groups excluding carboxylic acids is 2. The van der Waals surface area contributed by atoms with Crippen LogP contribution in [0.1, 0.15) is 43.5 Å². The number of carbonyl (C=O) groups is 2. The predicted molar refractivity (Wildman–Crippen MR) is 112 cm³/mol. The molecule has 150 valence electrons. The number of rotatable bonds is 9. The summed E-state index contributed by atoms with van der Waals surface area (Å²) in [5, 5.41) is 2.30. The Balaban J connectivity index is 2.21. The number of nitrogens with one attached hydrogen (secondary N) is 1. The maximum Gasteiger partial charge on any atom is 0.319 e. The molecule has 1 atom stereocenters. The molecule has 4 nitrogen and oxygen atoms in total. The summed E-state index contributed by atoms with van der Waals surface area (Å²) in [6.45, 7) is 4.25. The minimum Gasteiger partial charge on any atom is -0.465 e. The third kappa shape index (κ3) is 6.24. The molecule has 2 aromatic rings. The zero-order valence-corrected chi connectivity index (χ0v) is 17.4. The fraction of sp³-hybridized carbons (Fsp3) is 0.333. The Labute approximate surface area is 173 Å². The maximum atomic E-state index is 14.3. The van der Waals surface area contributed by atoms with E-state index in [1.165, 1.54) is 17.8 Å². The first-order chi connectivity index (χ1) is 13.5. The molecule has 1 N–H and O–H groups in total. The lowest BCUT2D eigenvalue weighted by molar-refractivity contribution is -0.143. The number of amides is 1. The Kier molecular flexibility index (Phi) is 8.80. The largest absolute Gasteiger partial charge is 0.465 e. The van der Waals surface area contributed by atoms with Gasteiger partial charge in [0.15, 0.2) is 0 Å². The van der Waals surface area contributed by atoms with E-state index in [9.17, 15) is 14.0 Å². The molecule has 0 aliphatic carbocycles. The van der Waals surface area contributed by atoms with Crippen LogP contribution in [0.4, 0.5) is 10.1 Å². The van der Waals surface area contributed by atoms with Gasteiger partial charge in [0.25, 0.3) is 5.91 Å². The molecule has 0 fully saturated rings. The Morgan fingerprint density at radius 2 is 1.89 bits per heavy atom. The smallest absolute Gasteiger partial charge is 0.319 e. The number of benzene rings is 2. The quantitative estimate of drug-likeness (QED) is 0.400. The van der Waals surface area contributed by atoms with Crippen molar-refractivity contribution in [2.45, 2.75) is 43.3 Å². The average molecular weight is 424 g/mol. The summed E-state index contributed by atoms with van der Waals surface area (Å²) in [6, 6.07) is 11.1. The maximum absolute atomic E-state index is 14.3. The van der Waals surface area contributed by atoms with Crippen molar-refractivity contribution in [1.82, 2.24) is 0 Å². The van der Waals surface area contributed by atoms with E-state index in [1.807, 2.05) is 13.8 Å². The molecule has 2 aromatic carbocycles. The molecule has 0 radical (unpaired) electrons. The van der Waals surface area contributed by atoms with Crippen LogP contribution in [0, 0.1) is 5.82 Å². The van der Waals surface area contributed by atoms with Crippen molar-refractivity contribution >= 4 is 40.9 Å². The monoisotopic (exact) mass is 423 g/mol. The van der Waals surface area contributed by atoms with Gasteiger partial charge < -0.3 is 10.1 Å². The minimum absolute atomic E-state index is 0.0120. The number of anilines is 1. The van der Waals surface area contributed by atoms with E-state index >= 15 is 0 Å². The van der Waals surface area contributed by atoms with Gasteiger partial charge in [-0.2, -0.15) is 0 Å². The predicted octanol–water partition coefficient (Wildman–Crippen LogP) is 5.95. The molecule has 28 heavy (non-hydrogen) atoms. The number of esters is 1. The van der Waals surface area contributed by atoms with Gasteiger partial charge in [-0.3, -0.25) is 9.59 Å². The molecule has 0 aliphatic heterocycles. The van der Waals surface area contributed by atoms with E-state index in [-0.39, 0.29) is 16.7 Å². The second-order valence-corrected chi connectivity index (χ2v) is 7.80. The Morgan fingerprint density at radius 1 is 1.18 bits per heavy atom. The second kappa shape index (κ2) is 11.1. The van der Waals surface area contributed by atoms with Crippen molar-refractivity contribution in [3.8, 4) is 0 Å². The van der Waals surface area contributed by atoms with Crippen molar-refractivity contribution in [1.29, 1.82) is 0 Å². The number of thioether (sulfide) groups is 1. The molecule has 7 heteroatoms. The molecule has 1 amide bonds. The van der Waals surface area contributed by atoms with Crippen LogP contribution in [0.3, 0.4) is 0 Å². The van der Waals surface area contributed by atoms with E-state index in [1.54, 1.807) is 30.3 Å². The summed E-state index contributed by atoms with van der Waals surface area (Å²) in [5.74, 6) is -1.38. The van der Waals surface area contributed by atoms with Crippen LogP contribution in [-0.2, 0) is 9.53 Å². The van der Waals surface area contributed by atoms with Crippen molar-refractivity contribution in [2.24, 2.45) is 0 Å². The van der Waals surface area contributed by atoms with Crippen LogP contribution < -0.4 is 5.32 Å². The molecule has 2 rings (SSSR count). The van der Waals surface area contributed by atoms with Gasteiger partial charge in [-0.1, -0.05) is 50.1 Å². The summed E-state index contributed by atoms with van der Waals surface area (Å²) >= 11 is 7.40. The van der Waals surface area contributed by atoms with Gasteiger partial charge in [-0.05, 0) is 37.1 Å². The van der Waals surface area contributed by atoms with Gasteiger partial charge in [0.05, 0.1) is 17.3 Å². The molecular formula is C21H23ClFNO3S. The van der Waals surface area contributed by atoms with Gasteiger partial charge in [0, 0.05) is 10.5 Å². The first-order valence-electron chi connectivity index (χ1n) is 9.15. The fourth-order valence-electron chi connectivity index (χ4n) is 2.44. The summed E-state index contributed by atoms with van der Waals surface area (Å²) < 4.78 is 19.6. The van der Waals surface area contributed by atoms with E-state index < -0.39 is 17.0 Å². The first-order valence-corrected chi connectivity index (χ1v) is 10.4. The standard InChI is InChI=1S/C21H23ClFNO3S/c1-3-8-18(21(26)27-11-4-2)28-19-13-17(16(23)12-15(19)22)24-20(25)14-9-6-5-7-10-14/h5-7,9-10,12-13,18H,3-4,8,11H2,1-2H3,(H,24,25). The molecule has 0 saturated carbocycles. The van der Waals surface area contributed by atoms with Gasteiger partial charge in [-0.25, -0.2) is 4.39 Å². The van der Waals surface area contributed by atoms with Crippen LogP contribution in [0.25, 0.3) is 0 Å². The molecule has 0 spiro atoms. The van der Waals surface area contributed by atoms with E-state index in [4.69, 9.17) is 16.3 Å².